The van der Waals surface area contributed by atoms with E-state index in [2.05, 4.69) is 12.2 Å². The minimum Gasteiger partial charge on any atom is -0.490 e. The number of carbonyl (C=O) groups excluding carboxylic acids is 1. The molecular formula is C36H55NO9. The van der Waals surface area contributed by atoms with Gasteiger partial charge >= 0.3 is 17.9 Å². The van der Waals surface area contributed by atoms with Gasteiger partial charge in [0.2, 0.25) is 5.91 Å². The average molecular weight is 646 g/mol. The summed E-state index contributed by atoms with van der Waals surface area (Å²) in [5.74, 6) is -7.21. The van der Waals surface area contributed by atoms with Gasteiger partial charge in [-0.25, -0.2) is 9.59 Å². The first-order valence-electron chi connectivity index (χ1n) is 16.6. The van der Waals surface area contributed by atoms with E-state index < -0.39 is 47.8 Å². The Morgan fingerprint density at radius 1 is 0.848 bits per heavy atom. The third-order valence-electron chi connectivity index (χ3n) is 7.86. The van der Waals surface area contributed by atoms with Gasteiger partial charge in [-0.15, -0.1) is 0 Å². The lowest BCUT2D eigenvalue weighted by atomic mass is 9.82. The molecule has 0 heterocycles. The van der Waals surface area contributed by atoms with Crippen molar-refractivity contribution >= 4 is 23.8 Å². The van der Waals surface area contributed by atoms with Gasteiger partial charge in [0.1, 0.15) is 18.4 Å². The lowest BCUT2D eigenvalue weighted by molar-refractivity contribution is -0.172. The topological polar surface area (TPSA) is 170 Å². The molecule has 1 aromatic carbocycles. The number of nitrogens with one attached hydrogen (secondary N) is 1. The molecular weight excluding hydrogens is 590 g/mol. The number of benzene rings is 1. The summed E-state index contributed by atoms with van der Waals surface area (Å²) in [6.07, 6.45) is 17.8. The van der Waals surface area contributed by atoms with Gasteiger partial charge in [0, 0.05) is 6.42 Å². The van der Waals surface area contributed by atoms with Crippen LogP contribution in [0.1, 0.15) is 116 Å². The first-order chi connectivity index (χ1) is 21.9. The van der Waals surface area contributed by atoms with Crippen LogP contribution in [0.4, 0.5) is 0 Å². The number of hydrogen-bond donors (Lipinski definition) is 5. The number of unbranched alkanes of at least 4 members (excludes halogenated alkanes) is 12. The predicted molar refractivity (Wildman–Crippen MR) is 178 cm³/mol. The van der Waals surface area contributed by atoms with E-state index in [1.54, 1.807) is 30.3 Å². The normalized spacial score (nSPS) is 13.8. The molecule has 0 aliphatic carbocycles. The molecule has 0 aliphatic rings. The fourth-order valence-electron chi connectivity index (χ4n) is 5.07. The van der Waals surface area contributed by atoms with Crippen LogP contribution in [0.2, 0.25) is 0 Å². The third kappa shape index (κ3) is 16.6. The SMILES string of the molecule is CCCCCCCCCCCCCC/C=C/C(C(=O)NC(Cc1ccc(OCC=C(C)C)cc1)C(=O)O)C(O)(CC(=O)O)C(=O)O. The number of carboxylic acid groups (broad SMARTS) is 3. The Morgan fingerprint density at radius 2 is 1.39 bits per heavy atom. The summed E-state index contributed by atoms with van der Waals surface area (Å²) in [4.78, 5) is 48.9. The minimum atomic E-state index is -2.98. The Hall–Kier alpha value is -3.66. The highest BCUT2D eigenvalue weighted by atomic mass is 16.5. The Balaban J connectivity index is 2.81. The van der Waals surface area contributed by atoms with Crippen LogP contribution in [0.5, 0.6) is 5.75 Å². The van der Waals surface area contributed by atoms with Crippen LogP contribution in [-0.4, -0.2) is 62.5 Å². The zero-order chi connectivity index (χ0) is 34.4. The van der Waals surface area contributed by atoms with E-state index in [1.165, 1.54) is 57.4 Å². The lowest BCUT2D eigenvalue weighted by Gasteiger charge is -2.29. The van der Waals surface area contributed by atoms with Crippen molar-refractivity contribution < 1.29 is 44.3 Å². The Morgan fingerprint density at radius 3 is 1.87 bits per heavy atom. The van der Waals surface area contributed by atoms with Gasteiger partial charge < -0.3 is 30.5 Å². The first kappa shape index (κ1) is 40.4. The molecule has 1 aromatic rings. The molecule has 0 saturated heterocycles. The zero-order valence-electron chi connectivity index (χ0n) is 27.8. The van der Waals surface area contributed by atoms with Gasteiger partial charge in [-0.05, 0) is 50.5 Å². The average Bonchev–Trinajstić information content (AvgIpc) is 2.98. The van der Waals surface area contributed by atoms with Gasteiger partial charge in [0.05, 0.1) is 12.3 Å². The molecule has 0 aromatic heterocycles. The number of aliphatic hydroxyl groups is 1. The third-order valence-corrected chi connectivity index (χ3v) is 7.86. The van der Waals surface area contributed by atoms with E-state index in [-0.39, 0.29) is 6.42 Å². The quantitative estimate of drug-likeness (QED) is 0.0543. The molecule has 0 spiro atoms. The van der Waals surface area contributed by atoms with Crippen molar-refractivity contribution in [2.24, 2.45) is 5.92 Å². The van der Waals surface area contributed by atoms with Crippen molar-refractivity contribution in [3.63, 3.8) is 0 Å². The number of amides is 1. The second-order valence-electron chi connectivity index (χ2n) is 12.2. The van der Waals surface area contributed by atoms with Gasteiger partial charge in [-0.3, -0.25) is 9.59 Å². The van der Waals surface area contributed by atoms with E-state index in [0.29, 0.717) is 24.3 Å². The summed E-state index contributed by atoms with van der Waals surface area (Å²) < 4.78 is 5.61. The van der Waals surface area contributed by atoms with Crippen LogP contribution in [0, 0.1) is 5.92 Å². The van der Waals surface area contributed by atoms with Gasteiger partial charge in [-0.2, -0.15) is 0 Å². The van der Waals surface area contributed by atoms with Gasteiger partial charge in [0.15, 0.2) is 5.60 Å². The Labute approximate surface area is 273 Å². The van der Waals surface area contributed by atoms with Crippen LogP contribution in [0.3, 0.4) is 0 Å². The first-order valence-corrected chi connectivity index (χ1v) is 16.6. The molecule has 10 nitrogen and oxygen atoms in total. The molecule has 1 rings (SSSR count). The largest absolute Gasteiger partial charge is 0.490 e. The van der Waals surface area contributed by atoms with Crippen LogP contribution in [0.15, 0.2) is 48.1 Å². The molecule has 0 aliphatic heterocycles. The molecule has 10 heteroatoms. The number of ether oxygens (including phenoxy) is 1. The second-order valence-corrected chi connectivity index (χ2v) is 12.2. The van der Waals surface area contributed by atoms with Crippen LogP contribution >= 0.6 is 0 Å². The monoisotopic (exact) mass is 645 g/mol. The summed E-state index contributed by atoms with van der Waals surface area (Å²) in [6, 6.07) is 5.20. The van der Waals surface area contributed by atoms with Crippen molar-refractivity contribution in [1.82, 2.24) is 5.32 Å². The van der Waals surface area contributed by atoms with Crippen molar-refractivity contribution in [2.45, 2.75) is 129 Å². The highest BCUT2D eigenvalue weighted by molar-refractivity contribution is 5.94. The van der Waals surface area contributed by atoms with E-state index in [0.717, 1.165) is 31.3 Å². The van der Waals surface area contributed by atoms with E-state index in [1.807, 2.05) is 19.9 Å². The molecule has 0 fully saturated rings. The maximum Gasteiger partial charge on any atom is 0.337 e. The van der Waals surface area contributed by atoms with Crippen LogP contribution in [-0.2, 0) is 25.6 Å². The maximum absolute atomic E-state index is 13.3. The molecule has 1 amide bonds. The fourth-order valence-corrected chi connectivity index (χ4v) is 5.07. The van der Waals surface area contributed by atoms with Gasteiger partial charge in [0.25, 0.3) is 0 Å². The van der Waals surface area contributed by atoms with E-state index in [9.17, 15) is 39.6 Å². The maximum atomic E-state index is 13.3. The molecule has 0 bridgehead atoms. The molecule has 5 N–H and O–H groups in total. The molecule has 3 unspecified atom stereocenters. The molecule has 3 atom stereocenters. The number of rotatable bonds is 26. The van der Waals surface area contributed by atoms with Gasteiger partial charge in [-0.1, -0.05) is 107 Å². The number of allylic oxidation sites excluding steroid dienone is 2. The number of carboxylic acids is 3. The summed E-state index contributed by atoms with van der Waals surface area (Å²) in [5.41, 5.74) is -1.30. The summed E-state index contributed by atoms with van der Waals surface area (Å²) in [6.45, 7) is 6.50. The minimum absolute atomic E-state index is 0.130. The van der Waals surface area contributed by atoms with Crippen LogP contribution in [0.25, 0.3) is 0 Å². The summed E-state index contributed by atoms with van der Waals surface area (Å²) in [7, 11) is 0. The Bertz CT molecular complexity index is 1120. The lowest BCUT2D eigenvalue weighted by Crippen LogP contribution is -2.55. The van der Waals surface area contributed by atoms with Crippen LogP contribution < -0.4 is 10.1 Å². The second kappa shape index (κ2) is 22.8. The molecule has 258 valence electrons. The zero-order valence-corrected chi connectivity index (χ0v) is 27.8. The smallest absolute Gasteiger partial charge is 0.337 e. The van der Waals surface area contributed by atoms with Crippen molar-refractivity contribution in [3.8, 4) is 5.75 Å². The molecule has 46 heavy (non-hydrogen) atoms. The Kier molecular flexibility index (Phi) is 20.0. The number of carbonyl (C=O) groups is 4. The van der Waals surface area contributed by atoms with Crippen molar-refractivity contribution in [2.75, 3.05) is 6.61 Å². The highest BCUT2D eigenvalue weighted by Crippen LogP contribution is 2.26. The van der Waals surface area contributed by atoms with Crippen molar-refractivity contribution in [1.29, 1.82) is 0 Å². The molecule has 0 radical (unpaired) electrons. The number of hydrogen-bond acceptors (Lipinski definition) is 6. The van der Waals surface area contributed by atoms with E-state index in [4.69, 9.17) is 4.74 Å². The fraction of sp³-hybridized carbons (Fsp3) is 0.611. The number of aliphatic carboxylic acids is 3. The summed E-state index contributed by atoms with van der Waals surface area (Å²) >= 11 is 0. The standard InChI is InChI=1S/C36H55NO9/c1-4-5-6-7-8-9-10-11-12-13-14-15-16-17-18-30(36(45,35(43)44)26-32(38)39)33(40)37-31(34(41)42)25-28-19-21-29(22-20-28)46-24-23-27(2)3/h17-23,30-31,45H,4-16,24-26H2,1-3H3,(H,37,40)(H,38,39)(H,41,42)(H,43,44)/b18-17+. The predicted octanol–water partition coefficient (Wildman–Crippen LogP) is 6.70. The highest BCUT2D eigenvalue weighted by Gasteiger charge is 2.49. The summed E-state index contributed by atoms with van der Waals surface area (Å²) in [5, 5.41) is 42.1. The molecule has 0 saturated carbocycles. The van der Waals surface area contributed by atoms with E-state index >= 15 is 0 Å². The van der Waals surface area contributed by atoms with Crippen molar-refractivity contribution in [3.05, 3.63) is 53.6 Å².